The number of rotatable bonds is 5. The van der Waals surface area contributed by atoms with E-state index >= 15 is 0 Å². The Balaban J connectivity index is 1.38. The summed E-state index contributed by atoms with van der Waals surface area (Å²) in [7, 11) is 0. The highest BCUT2D eigenvalue weighted by molar-refractivity contribution is 7.12. The molecule has 2 aromatic carbocycles. The highest BCUT2D eigenvalue weighted by Gasteiger charge is 2.33. The molecule has 3 aromatic rings. The minimum atomic E-state index is -0.410. The van der Waals surface area contributed by atoms with E-state index in [1.807, 2.05) is 73.0 Å². The SMILES string of the molecule is Cc1ccc(-c2ccsc2C(=O)NNC(=O)N[C@H](c2ccccc2)C2CC2)cc1. The third-order valence-corrected chi connectivity index (χ3v) is 5.98. The Hall–Kier alpha value is -3.12. The first-order valence-electron chi connectivity index (χ1n) is 9.68. The van der Waals surface area contributed by atoms with Crippen LogP contribution in [0.2, 0.25) is 0 Å². The van der Waals surface area contributed by atoms with Crippen molar-refractivity contribution >= 4 is 23.3 Å². The molecule has 1 aliphatic rings. The standard InChI is InChI=1S/C23H23N3O2S/c1-15-7-9-16(10-8-15)19-13-14-29-21(19)22(27)25-26-23(28)24-20(18-11-12-18)17-5-3-2-4-6-17/h2-10,13-14,18,20H,11-12H2,1H3,(H,25,27)(H2,24,26,28)/t20-/m1/s1. The van der Waals surface area contributed by atoms with Gasteiger partial charge in [0, 0.05) is 5.56 Å². The minimum Gasteiger partial charge on any atom is -0.330 e. The van der Waals surface area contributed by atoms with Gasteiger partial charge in [-0.2, -0.15) is 0 Å². The number of benzene rings is 2. The number of amides is 3. The van der Waals surface area contributed by atoms with Gasteiger partial charge in [-0.15, -0.1) is 11.3 Å². The molecule has 1 fully saturated rings. The van der Waals surface area contributed by atoms with E-state index in [9.17, 15) is 9.59 Å². The van der Waals surface area contributed by atoms with Crippen molar-refractivity contribution in [2.24, 2.45) is 5.92 Å². The Kier molecular flexibility index (Phi) is 5.62. The zero-order valence-electron chi connectivity index (χ0n) is 16.1. The van der Waals surface area contributed by atoms with Crippen LogP contribution in [-0.2, 0) is 0 Å². The highest BCUT2D eigenvalue weighted by atomic mass is 32.1. The molecule has 3 N–H and O–H groups in total. The number of nitrogens with one attached hydrogen (secondary N) is 3. The molecule has 0 aliphatic heterocycles. The van der Waals surface area contributed by atoms with E-state index in [4.69, 9.17) is 0 Å². The number of hydrogen-bond donors (Lipinski definition) is 3. The largest absolute Gasteiger partial charge is 0.333 e. The lowest BCUT2D eigenvalue weighted by Crippen LogP contribution is -2.48. The van der Waals surface area contributed by atoms with Crippen molar-refractivity contribution in [3.63, 3.8) is 0 Å². The fourth-order valence-corrected chi connectivity index (χ4v) is 4.17. The summed E-state index contributed by atoms with van der Waals surface area (Å²) in [6.07, 6.45) is 2.20. The van der Waals surface area contributed by atoms with E-state index in [0.717, 1.165) is 35.1 Å². The van der Waals surface area contributed by atoms with Gasteiger partial charge < -0.3 is 5.32 Å². The number of aryl methyl sites for hydroxylation is 1. The average Bonchev–Trinajstić information content (AvgIpc) is 3.47. The Labute approximate surface area is 174 Å². The van der Waals surface area contributed by atoms with Gasteiger partial charge in [-0.1, -0.05) is 60.2 Å². The van der Waals surface area contributed by atoms with Crippen LogP contribution in [-0.4, -0.2) is 11.9 Å². The van der Waals surface area contributed by atoms with E-state index in [1.54, 1.807) is 0 Å². The van der Waals surface area contributed by atoms with Gasteiger partial charge in [-0.3, -0.25) is 10.2 Å². The molecule has 1 heterocycles. The Morgan fingerprint density at radius 3 is 2.38 bits per heavy atom. The predicted molar refractivity (Wildman–Crippen MR) is 116 cm³/mol. The molecule has 6 heteroatoms. The number of thiophene rings is 1. The van der Waals surface area contributed by atoms with Gasteiger partial charge in [0.05, 0.1) is 6.04 Å². The Bertz CT molecular complexity index is 994. The van der Waals surface area contributed by atoms with E-state index in [1.165, 1.54) is 11.3 Å². The van der Waals surface area contributed by atoms with E-state index < -0.39 is 6.03 Å². The first-order valence-corrected chi connectivity index (χ1v) is 10.6. The van der Waals surface area contributed by atoms with Gasteiger partial charge in [0.1, 0.15) is 4.88 Å². The van der Waals surface area contributed by atoms with Crippen molar-refractivity contribution in [1.82, 2.24) is 16.2 Å². The topological polar surface area (TPSA) is 70.2 Å². The van der Waals surface area contributed by atoms with Gasteiger partial charge in [0.15, 0.2) is 0 Å². The number of urea groups is 1. The quantitative estimate of drug-likeness (QED) is 0.533. The molecule has 1 atom stereocenters. The normalized spacial score (nSPS) is 14.1. The predicted octanol–water partition coefficient (Wildman–Crippen LogP) is 4.82. The van der Waals surface area contributed by atoms with Crippen molar-refractivity contribution < 1.29 is 9.59 Å². The van der Waals surface area contributed by atoms with Crippen LogP contribution >= 0.6 is 11.3 Å². The zero-order chi connectivity index (χ0) is 20.2. The molecule has 4 rings (SSSR count). The second kappa shape index (κ2) is 8.49. The summed E-state index contributed by atoms with van der Waals surface area (Å²) in [5, 5.41) is 4.86. The molecular formula is C23H23N3O2S. The number of hydrogen-bond acceptors (Lipinski definition) is 3. The summed E-state index contributed by atoms with van der Waals surface area (Å²) in [6, 6.07) is 19.4. The summed E-state index contributed by atoms with van der Waals surface area (Å²) in [5.74, 6) is 0.123. The summed E-state index contributed by atoms with van der Waals surface area (Å²) in [4.78, 5) is 25.6. The number of carbonyl (C=O) groups is 2. The summed E-state index contributed by atoms with van der Waals surface area (Å²) in [5.41, 5.74) is 9.11. The fraction of sp³-hybridized carbons (Fsp3) is 0.217. The van der Waals surface area contributed by atoms with Crippen molar-refractivity contribution in [3.05, 3.63) is 82.0 Å². The van der Waals surface area contributed by atoms with Crippen LogP contribution in [0.1, 0.15) is 39.7 Å². The van der Waals surface area contributed by atoms with Crippen LogP contribution in [0.4, 0.5) is 4.79 Å². The van der Waals surface area contributed by atoms with Crippen LogP contribution < -0.4 is 16.2 Å². The van der Waals surface area contributed by atoms with Gasteiger partial charge in [-0.25, -0.2) is 10.2 Å². The lowest BCUT2D eigenvalue weighted by Gasteiger charge is -2.19. The van der Waals surface area contributed by atoms with E-state index in [0.29, 0.717) is 10.8 Å². The third kappa shape index (κ3) is 4.66. The number of carbonyl (C=O) groups excluding carboxylic acids is 2. The van der Waals surface area contributed by atoms with Crippen molar-refractivity contribution in [2.45, 2.75) is 25.8 Å². The van der Waals surface area contributed by atoms with Gasteiger partial charge in [0.25, 0.3) is 5.91 Å². The third-order valence-electron chi connectivity index (χ3n) is 5.06. The van der Waals surface area contributed by atoms with E-state index in [-0.39, 0.29) is 11.9 Å². The smallest absolute Gasteiger partial charge is 0.330 e. The maximum atomic E-state index is 12.6. The van der Waals surface area contributed by atoms with Crippen LogP contribution in [0.25, 0.3) is 11.1 Å². The van der Waals surface area contributed by atoms with Gasteiger partial charge in [0.2, 0.25) is 0 Å². The Morgan fingerprint density at radius 1 is 0.966 bits per heavy atom. The van der Waals surface area contributed by atoms with Gasteiger partial charge >= 0.3 is 6.03 Å². The van der Waals surface area contributed by atoms with Crippen molar-refractivity contribution in [2.75, 3.05) is 0 Å². The van der Waals surface area contributed by atoms with Crippen LogP contribution in [0.15, 0.2) is 66.0 Å². The van der Waals surface area contributed by atoms with Crippen molar-refractivity contribution in [3.8, 4) is 11.1 Å². The molecule has 0 radical (unpaired) electrons. The lowest BCUT2D eigenvalue weighted by molar-refractivity contribution is 0.0940. The second-order valence-corrected chi connectivity index (χ2v) is 8.22. The first-order chi connectivity index (χ1) is 14.1. The molecular weight excluding hydrogens is 382 g/mol. The van der Waals surface area contributed by atoms with Crippen LogP contribution in [0.5, 0.6) is 0 Å². The molecule has 29 heavy (non-hydrogen) atoms. The second-order valence-electron chi connectivity index (χ2n) is 7.31. The minimum absolute atomic E-state index is 0.0436. The molecule has 3 amide bonds. The van der Waals surface area contributed by atoms with E-state index in [2.05, 4.69) is 16.2 Å². The first kappa shape index (κ1) is 19.2. The zero-order valence-corrected chi connectivity index (χ0v) is 17.0. The molecule has 5 nitrogen and oxygen atoms in total. The monoisotopic (exact) mass is 405 g/mol. The Morgan fingerprint density at radius 2 is 1.69 bits per heavy atom. The fourth-order valence-electron chi connectivity index (χ4n) is 3.36. The summed E-state index contributed by atoms with van der Waals surface area (Å²) in [6.45, 7) is 2.03. The average molecular weight is 406 g/mol. The van der Waals surface area contributed by atoms with Crippen molar-refractivity contribution in [1.29, 1.82) is 0 Å². The molecule has 0 spiro atoms. The molecule has 1 aromatic heterocycles. The molecule has 0 bridgehead atoms. The summed E-state index contributed by atoms with van der Waals surface area (Å²) < 4.78 is 0. The lowest BCUT2D eigenvalue weighted by atomic mass is 10.0. The highest BCUT2D eigenvalue weighted by Crippen LogP contribution is 2.40. The maximum absolute atomic E-state index is 12.6. The molecule has 0 saturated heterocycles. The molecule has 0 unspecified atom stereocenters. The number of hydrazine groups is 1. The van der Waals surface area contributed by atoms with Crippen LogP contribution in [0, 0.1) is 12.8 Å². The van der Waals surface area contributed by atoms with Gasteiger partial charge in [-0.05, 0) is 48.3 Å². The van der Waals surface area contributed by atoms with Crippen LogP contribution in [0.3, 0.4) is 0 Å². The maximum Gasteiger partial charge on any atom is 0.333 e. The molecule has 1 saturated carbocycles. The molecule has 1 aliphatic carbocycles. The molecule has 148 valence electrons. The summed E-state index contributed by atoms with van der Waals surface area (Å²) >= 11 is 1.35.